The third kappa shape index (κ3) is 4.47. The molecule has 1 aromatic carbocycles. The van der Waals surface area contributed by atoms with E-state index in [0.717, 1.165) is 25.2 Å². The van der Waals surface area contributed by atoms with Gasteiger partial charge in [0.15, 0.2) is 6.61 Å². The van der Waals surface area contributed by atoms with Crippen LogP contribution in [0.4, 0.5) is 10.2 Å². The molecule has 1 aliphatic heterocycles. The first-order chi connectivity index (χ1) is 12.2. The Hall–Kier alpha value is -2.63. The van der Waals surface area contributed by atoms with E-state index in [4.69, 9.17) is 4.74 Å². The molecular formula is C19H22FN3O2. The fraction of sp³-hybridized carbons (Fsp3) is 0.368. The van der Waals surface area contributed by atoms with Crippen molar-refractivity contribution >= 4 is 11.7 Å². The van der Waals surface area contributed by atoms with Gasteiger partial charge in [0.25, 0.3) is 5.91 Å². The highest BCUT2D eigenvalue weighted by Crippen LogP contribution is 2.28. The van der Waals surface area contributed by atoms with Crippen molar-refractivity contribution in [1.82, 2.24) is 9.88 Å². The molecule has 1 amide bonds. The second-order valence-corrected chi connectivity index (χ2v) is 6.15. The summed E-state index contributed by atoms with van der Waals surface area (Å²) in [6.45, 7) is 1.39. The summed E-state index contributed by atoms with van der Waals surface area (Å²) in [7, 11) is 1.84. The molecule has 3 rings (SSSR count). The summed E-state index contributed by atoms with van der Waals surface area (Å²) in [5, 5.41) is 3.04. The number of anilines is 1. The number of halogens is 1. The first-order valence-corrected chi connectivity index (χ1v) is 8.45. The number of benzene rings is 1. The van der Waals surface area contributed by atoms with Gasteiger partial charge in [0, 0.05) is 32.3 Å². The van der Waals surface area contributed by atoms with Gasteiger partial charge in [-0.25, -0.2) is 9.37 Å². The first kappa shape index (κ1) is 17.2. The van der Waals surface area contributed by atoms with Gasteiger partial charge >= 0.3 is 0 Å². The smallest absolute Gasteiger partial charge is 0.260 e. The molecule has 1 aromatic heterocycles. The number of hydrogen-bond donors (Lipinski definition) is 1. The van der Waals surface area contributed by atoms with Crippen molar-refractivity contribution in [2.24, 2.45) is 0 Å². The molecule has 0 aliphatic carbocycles. The van der Waals surface area contributed by atoms with Crippen LogP contribution in [0, 0.1) is 5.82 Å². The van der Waals surface area contributed by atoms with E-state index in [9.17, 15) is 9.18 Å². The normalized spacial score (nSPS) is 17.2. The Morgan fingerprint density at radius 3 is 2.92 bits per heavy atom. The summed E-state index contributed by atoms with van der Waals surface area (Å²) in [5.41, 5.74) is 1.19. The number of ether oxygens (including phenoxy) is 1. The predicted octanol–water partition coefficient (Wildman–Crippen LogP) is 3.05. The lowest BCUT2D eigenvalue weighted by Gasteiger charge is -2.33. The van der Waals surface area contributed by atoms with Crippen molar-refractivity contribution in [2.75, 3.05) is 32.1 Å². The molecule has 6 heteroatoms. The van der Waals surface area contributed by atoms with Crippen LogP contribution in [-0.2, 0) is 4.79 Å². The second kappa shape index (κ2) is 7.96. The largest absolute Gasteiger partial charge is 0.484 e. The van der Waals surface area contributed by atoms with Crippen LogP contribution in [0.3, 0.4) is 0 Å². The number of piperidine rings is 1. The second-order valence-electron chi connectivity index (χ2n) is 6.15. The van der Waals surface area contributed by atoms with E-state index in [0.29, 0.717) is 18.2 Å². The van der Waals surface area contributed by atoms with Gasteiger partial charge in [-0.15, -0.1) is 0 Å². The maximum absolute atomic E-state index is 12.9. The highest BCUT2D eigenvalue weighted by Gasteiger charge is 2.25. The minimum Gasteiger partial charge on any atom is -0.484 e. The Bertz CT molecular complexity index is 721. The van der Waals surface area contributed by atoms with Gasteiger partial charge in [-0.2, -0.15) is 0 Å². The van der Waals surface area contributed by atoms with E-state index in [2.05, 4.69) is 10.3 Å². The molecular weight excluding hydrogens is 321 g/mol. The molecule has 5 nitrogen and oxygen atoms in total. The summed E-state index contributed by atoms with van der Waals surface area (Å²) in [4.78, 5) is 18.5. The molecule has 2 aromatic rings. The van der Waals surface area contributed by atoms with E-state index in [1.807, 2.05) is 24.1 Å². The molecule has 25 heavy (non-hydrogen) atoms. The fourth-order valence-electron chi connectivity index (χ4n) is 3.08. The van der Waals surface area contributed by atoms with Crippen molar-refractivity contribution in [2.45, 2.75) is 18.8 Å². The fourth-order valence-corrected chi connectivity index (χ4v) is 3.08. The summed E-state index contributed by atoms with van der Waals surface area (Å²) in [6, 6.07) is 9.73. The standard InChI is InChI=1S/C19H22FN3O2/c1-21-18-11-14(8-9-22-18)15-3-2-10-23(12-15)19(24)13-25-17-6-4-16(20)5-7-17/h4-9,11,15H,2-3,10,12-13H2,1H3,(H,21,22). The van der Waals surface area contributed by atoms with E-state index in [1.54, 1.807) is 6.20 Å². The van der Waals surface area contributed by atoms with Crippen molar-refractivity contribution < 1.29 is 13.9 Å². The molecule has 1 N–H and O–H groups in total. The van der Waals surface area contributed by atoms with Gasteiger partial charge in [0.1, 0.15) is 17.4 Å². The first-order valence-electron chi connectivity index (χ1n) is 8.45. The van der Waals surface area contributed by atoms with Gasteiger partial charge < -0.3 is 15.0 Å². The number of carbonyl (C=O) groups excluding carboxylic acids is 1. The van der Waals surface area contributed by atoms with Gasteiger partial charge in [-0.05, 0) is 54.8 Å². The van der Waals surface area contributed by atoms with Crippen LogP contribution in [0.15, 0.2) is 42.6 Å². The highest BCUT2D eigenvalue weighted by atomic mass is 19.1. The predicted molar refractivity (Wildman–Crippen MR) is 94.2 cm³/mol. The van der Waals surface area contributed by atoms with Crippen molar-refractivity contribution in [3.8, 4) is 5.75 Å². The zero-order valence-electron chi connectivity index (χ0n) is 14.2. The number of nitrogens with zero attached hydrogens (tertiary/aromatic N) is 2. The number of pyridine rings is 1. The Balaban J connectivity index is 1.58. The van der Waals surface area contributed by atoms with Crippen molar-refractivity contribution in [3.63, 3.8) is 0 Å². The number of hydrogen-bond acceptors (Lipinski definition) is 4. The SMILES string of the molecule is CNc1cc(C2CCCN(C(=O)COc3ccc(F)cc3)C2)ccn1. The number of rotatable bonds is 5. The molecule has 0 radical (unpaired) electrons. The number of aromatic nitrogens is 1. The topological polar surface area (TPSA) is 54.5 Å². The zero-order valence-corrected chi connectivity index (χ0v) is 14.2. The average Bonchev–Trinajstić information content (AvgIpc) is 2.67. The molecule has 1 unspecified atom stereocenters. The average molecular weight is 343 g/mol. The number of likely N-dealkylation sites (tertiary alicyclic amines) is 1. The van der Waals surface area contributed by atoms with Crippen LogP contribution in [-0.4, -0.2) is 42.5 Å². The number of nitrogens with one attached hydrogen (secondary N) is 1. The minimum absolute atomic E-state index is 0.0313. The van der Waals surface area contributed by atoms with Gasteiger partial charge in [-0.1, -0.05) is 0 Å². The van der Waals surface area contributed by atoms with Crippen LogP contribution >= 0.6 is 0 Å². The molecule has 0 spiro atoms. The van der Waals surface area contributed by atoms with E-state index < -0.39 is 0 Å². The molecule has 0 bridgehead atoms. The van der Waals surface area contributed by atoms with Crippen LogP contribution in [0.2, 0.25) is 0 Å². The molecule has 1 saturated heterocycles. The zero-order chi connectivity index (χ0) is 17.6. The van der Waals surface area contributed by atoms with Crippen LogP contribution < -0.4 is 10.1 Å². The summed E-state index contributed by atoms with van der Waals surface area (Å²) >= 11 is 0. The Kier molecular flexibility index (Phi) is 5.48. The third-order valence-electron chi connectivity index (χ3n) is 4.46. The number of amides is 1. The maximum atomic E-state index is 12.9. The monoisotopic (exact) mass is 343 g/mol. The van der Waals surface area contributed by atoms with Crippen molar-refractivity contribution in [3.05, 3.63) is 54.0 Å². The lowest BCUT2D eigenvalue weighted by molar-refractivity contribution is -0.134. The van der Waals surface area contributed by atoms with Gasteiger partial charge in [0.2, 0.25) is 0 Å². The molecule has 1 atom stereocenters. The summed E-state index contributed by atoms with van der Waals surface area (Å²) in [6.07, 6.45) is 3.81. The Morgan fingerprint density at radius 1 is 1.36 bits per heavy atom. The van der Waals surface area contributed by atoms with E-state index in [1.165, 1.54) is 29.8 Å². The van der Waals surface area contributed by atoms with Crippen LogP contribution in [0.5, 0.6) is 5.75 Å². The Labute approximate surface area is 146 Å². The molecule has 1 aliphatic rings. The maximum Gasteiger partial charge on any atom is 0.260 e. The Morgan fingerprint density at radius 2 is 2.16 bits per heavy atom. The van der Waals surface area contributed by atoms with Gasteiger partial charge in [-0.3, -0.25) is 4.79 Å². The lowest BCUT2D eigenvalue weighted by Crippen LogP contribution is -2.41. The summed E-state index contributed by atoms with van der Waals surface area (Å²) in [5.74, 6) is 1.27. The van der Waals surface area contributed by atoms with Crippen LogP contribution in [0.1, 0.15) is 24.3 Å². The molecule has 132 valence electrons. The van der Waals surface area contributed by atoms with Crippen LogP contribution in [0.25, 0.3) is 0 Å². The highest BCUT2D eigenvalue weighted by molar-refractivity contribution is 5.78. The number of carbonyl (C=O) groups is 1. The quantitative estimate of drug-likeness (QED) is 0.907. The minimum atomic E-state index is -0.323. The van der Waals surface area contributed by atoms with E-state index >= 15 is 0 Å². The van der Waals surface area contributed by atoms with E-state index in [-0.39, 0.29) is 18.3 Å². The van der Waals surface area contributed by atoms with Gasteiger partial charge in [0.05, 0.1) is 0 Å². The van der Waals surface area contributed by atoms with Crippen molar-refractivity contribution in [1.29, 1.82) is 0 Å². The molecule has 0 saturated carbocycles. The molecule has 1 fully saturated rings. The summed E-state index contributed by atoms with van der Waals surface area (Å²) < 4.78 is 18.4. The third-order valence-corrected chi connectivity index (χ3v) is 4.46. The molecule has 2 heterocycles. The lowest BCUT2D eigenvalue weighted by atomic mass is 9.91.